The van der Waals surface area contributed by atoms with Crippen molar-refractivity contribution in [3.05, 3.63) is 57.0 Å². The van der Waals surface area contributed by atoms with E-state index in [2.05, 4.69) is 5.32 Å². The van der Waals surface area contributed by atoms with Gasteiger partial charge < -0.3 is 10.2 Å². The zero-order valence-electron chi connectivity index (χ0n) is 11.7. The summed E-state index contributed by atoms with van der Waals surface area (Å²) >= 11 is 1.11. The van der Waals surface area contributed by atoms with E-state index in [9.17, 15) is 14.9 Å². The lowest BCUT2D eigenvalue weighted by molar-refractivity contribution is -0.380. The van der Waals surface area contributed by atoms with Crippen LogP contribution in [0.3, 0.4) is 0 Å². The van der Waals surface area contributed by atoms with Crippen molar-refractivity contribution in [3.8, 4) is 0 Å². The molecule has 0 fully saturated rings. The van der Waals surface area contributed by atoms with Crippen LogP contribution in [0.25, 0.3) is 0 Å². The van der Waals surface area contributed by atoms with E-state index in [1.807, 2.05) is 12.1 Å². The third kappa shape index (κ3) is 3.79. The van der Waals surface area contributed by atoms with E-state index in [-0.39, 0.29) is 10.9 Å². The quantitative estimate of drug-likeness (QED) is 0.680. The summed E-state index contributed by atoms with van der Waals surface area (Å²) in [5, 5.41) is 15.7. The number of hydrogen-bond donors (Lipinski definition) is 1. The summed E-state index contributed by atoms with van der Waals surface area (Å²) in [4.78, 5) is 23.5. The molecule has 0 aliphatic rings. The molecule has 1 aromatic heterocycles. The SMILES string of the molecule is CN(C)C(=O)c1ccc(NCc2csc([N+](=O)[O-])c2)cc1. The van der Waals surface area contributed by atoms with Gasteiger partial charge in [0, 0.05) is 43.3 Å². The van der Waals surface area contributed by atoms with Crippen LogP contribution in [0.5, 0.6) is 0 Å². The molecule has 6 nitrogen and oxygen atoms in total. The highest BCUT2D eigenvalue weighted by atomic mass is 32.1. The smallest absolute Gasteiger partial charge is 0.324 e. The summed E-state index contributed by atoms with van der Waals surface area (Å²) in [5.74, 6) is -0.0463. The van der Waals surface area contributed by atoms with Gasteiger partial charge in [-0.3, -0.25) is 14.9 Å². The molecule has 0 saturated carbocycles. The predicted molar refractivity (Wildman–Crippen MR) is 82.8 cm³/mol. The first-order valence-corrected chi connectivity index (χ1v) is 7.12. The predicted octanol–water partition coefficient (Wildman–Crippen LogP) is 2.97. The Hall–Kier alpha value is -2.41. The second-order valence-electron chi connectivity index (χ2n) is 4.68. The van der Waals surface area contributed by atoms with Crippen LogP contribution in [-0.2, 0) is 6.54 Å². The van der Waals surface area contributed by atoms with E-state index in [1.54, 1.807) is 37.7 Å². The highest BCUT2D eigenvalue weighted by Crippen LogP contribution is 2.23. The van der Waals surface area contributed by atoms with E-state index in [0.717, 1.165) is 22.6 Å². The molecule has 1 amide bonds. The highest BCUT2D eigenvalue weighted by molar-refractivity contribution is 7.13. The first-order chi connectivity index (χ1) is 9.97. The Morgan fingerprint density at radius 1 is 1.33 bits per heavy atom. The van der Waals surface area contributed by atoms with Crippen LogP contribution in [0, 0.1) is 10.1 Å². The van der Waals surface area contributed by atoms with Gasteiger partial charge in [0.2, 0.25) is 0 Å². The molecule has 0 spiro atoms. The largest absolute Gasteiger partial charge is 0.381 e. The van der Waals surface area contributed by atoms with Crippen molar-refractivity contribution in [2.75, 3.05) is 19.4 Å². The van der Waals surface area contributed by atoms with Crippen molar-refractivity contribution < 1.29 is 9.72 Å². The lowest BCUT2D eigenvalue weighted by Crippen LogP contribution is -2.21. The van der Waals surface area contributed by atoms with Gasteiger partial charge in [-0.2, -0.15) is 0 Å². The van der Waals surface area contributed by atoms with Gasteiger partial charge >= 0.3 is 5.00 Å². The van der Waals surface area contributed by atoms with Crippen LogP contribution in [0.2, 0.25) is 0 Å². The molecule has 0 aliphatic heterocycles. The van der Waals surface area contributed by atoms with Gasteiger partial charge in [-0.05, 0) is 29.8 Å². The molecule has 2 aromatic rings. The molecule has 0 aliphatic carbocycles. The summed E-state index contributed by atoms with van der Waals surface area (Å²) in [6, 6.07) is 8.69. The van der Waals surface area contributed by atoms with Crippen LogP contribution >= 0.6 is 11.3 Å². The number of carbonyl (C=O) groups excluding carboxylic acids is 1. The lowest BCUT2D eigenvalue weighted by atomic mass is 10.2. The van der Waals surface area contributed by atoms with Crippen molar-refractivity contribution in [2.24, 2.45) is 0 Å². The Kier molecular flexibility index (Phi) is 4.54. The van der Waals surface area contributed by atoms with Gasteiger partial charge in [-0.15, -0.1) is 0 Å². The Bertz CT molecular complexity index is 650. The van der Waals surface area contributed by atoms with Crippen molar-refractivity contribution in [1.29, 1.82) is 0 Å². The molecule has 0 unspecified atom stereocenters. The number of nitrogens with zero attached hydrogens (tertiary/aromatic N) is 2. The van der Waals surface area contributed by atoms with E-state index in [4.69, 9.17) is 0 Å². The monoisotopic (exact) mass is 305 g/mol. The molecule has 0 saturated heterocycles. The van der Waals surface area contributed by atoms with Crippen molar-refractivity contribution >= 4 is 27.9 Å². The number of anilines is 1. The van der Waals surface area contributed by atoms with Crippen LogP contribution < -0.4 is 5.32 Å². The molecule has 7 heteroatoms. The molecule has 110 valence electrons. The van der Waals surface area contributed by atoms with Gasteiger partial charge in [0.1, 0.15) is 0 Å². The number of rotatable bonds is 5. The molecular weight excluding hydrogens is 290 g/mol. The number of nitrogens with one attached hydrogen (secondary N) is 1. The standard InChI is InChI=1S/C14H15N3O3S/c1-16(2)14(18)11-3-5-12(6-4-11)15-8-10-7-13(17(19)20)21-9-10/h3-7,9,15H,8H2,1-2H3. The number of nitro groups is 1. The van der Waals surface area contributed by atoms with Crippen LogP contribution in [0.4, 0.5) is 10.7 Å². The van der Waals surface area contributed by atoms with Gasteiger partial charge in [-0.25, -0.2) is 0 Å². The van der Waals surface area contributed by atoms with Crippen LogP contribution in [-0.4, -0.2) is 29.8 Å². The first kappa shape index (κ1) is 15.0. The number of benzene rings is 1. The number of hydrogen-bond acceptors (Lipinski definition) is 5. The van der Waals surface area contributed by atoms with Gasteiger partial charge in [-0.1, -0.05) is 11.3 Å². The Morgan fingerprint density at radius 2 is 2.00 bits per heavy atom. The zero-order valence-corrected chi connectivity index (χ0v) is 12.5. The van der Waals surface area contributed by atoms with Crippen molar-refractivity contribution in [3.63, 3.8) is 0 Å². The maximum Gasteiger partial charge on any atom is 0.324 e. The lowest BCUT2D eigenvalue weighted by Gasteiger charge is -2.11. The Balaban J connectivity index is 1.97. The number of amides is 1. The first-order valence-electron chi connectivity index (χ1n) is 6.25. The molecule has 1 N–H and O–H groups in total. The maximum absolute atomic E-state index is 11.7. The topological polar surface area (TPSA) is 75.5 Å². The third-order valence-corrected chi connectivity index (χ3v) is 3.78. The van der Waals surface area contributed by atoms with E-state index < -0.39 is 4.92 Å². The summed E-state index contributed by atoms with van der Waals surface area (Å²) in [6.45, 7) is 0.505. The normalized spacial score (nSPS) is 10.2. The maximum atomic E-state index is 11.7. The average Bonchev–Trinajstić information content (AvgIpc) is 2.94. The molecule has 1 aromatic carbocycles. The fraction of sp³-hybridized carbons (Fsp3) is 0.214. The molecule has 0 bridgehead atoms. The average molecular weight is 305 g/mol. The summed E-state index contributed by atoms with van der Waals surface area (Å²) in [5.41, 5.74) is 2.34. The number of carbonyl (C=O) groups is 1. The highest BCUT2D eigenvalue weighted by Gasteiger charge is 2.10. The summed E-state index contributed by atoms with van der Waals surface area (Å²) < 4.78 is 0. The Morgan fingerprint density at radius 3 is 2.52 bits per heavy atom. The molecule has 0 atom stereocenters. The summed E-state index contributed by atoms with van der Waals surface area (Å²) in [7, 11) is 3.41. The fourth-order valence-electron chi connectivity index (χ4n) is 1.74. The van der Waals surface area contributed by atoms with Gasteiger partial charge in [0.05, 0.1) is 4.92 Å². The second kappa shape index (κ2) is 6.36. The van der Waals surface area contributed by atoms with Gasteiger partial charge in [0.25, 0.3) is 5.91 Å². The minimum Gasteiger partial charge on any atom is -0.381 e. The molecule has 0 radical (unpaired) electrons. The van der Waals surface area contributed by atoms with Crippen LogP contribution in [0.1, 0.15) is 15.9 Å². The minimum absolute atomic E-state index is 0.0463. The van der Waals surface area contributed by atoms with E-state index >= 15 is 0 Å². The minimum atomic E-state index is -0.393. The molecular formula is C14H15N3O3S. The van der Waals surface area contributed by atoms with Crippen molar-refractivity contribution in [1.82, 2.24) is 4.90 Å². The zero-order chi connectivity index (χ0) is 15.4. The van der Waals surface area contributed by atoms with E-state index in [0.29, 0.717) is 12.1 Å². The molecule has 21 heavy (non-hydrogen) atoms. The number of thiophene rings is 1. The van der Waals surface area contributed by atoms with Crippen LogP contribution in [0.15, 0.2) is 35.7 Å². The fourth-order valence-corrected chi connectivity index (χ4v) is 2.47. The third-order valence-electron chi connectivity index (χ3n) is 2.85. The Labute approximate surface area is 126 Å². The van der Waals surface area contributed by atoms with Gasteiger partial charge in [0.15, 0.2) is 0 Å². The molecule has 1 heterocycles. The van der Waals surface area contributed by atoms with Crippen molar-refractivity contribution in [2.45, 2.75) is 6.54 Å². The molecule has 2 rings (SSSR count). The summed E-state index contributed by atoms with van der Waals surface area (Å²) in [6.07, 6.45) is 0. The van der Waals surface area contributed by atoms with E-state index in [1.165, 1.54) is 4.90 Å². The second-order valence-corrected chi connectivity index (χ2v) is 5.57.